The fourth-order valence-corrected chi connectivity index (χ4v) is 1.53. The number of aromatic nitrogens is 1. The number of ether oxygens (including phenoxy) is 1. The van der Waals surface area contributed by atoms with Crippen LogP contribution >= 0.6 is 0 Å². The van der Waals surface area contributed by atoms with Gasteiger partial charge in [0.15, 0.2) is 0 Å². The molecule has 0 saturated carbocycles. The molecule has 0 radical (unpaired) electrons. The first kappa shape index (κ1) is 14.9. The molecule has 0 saturated heterocycles. The molecular formula is C12H16N2O5. The number of hydrogen-bond donors (Lipinski definition) is 2. The Morgan fingerprint density at radius 3 is 2.63 bits per heavy atom. The van der Waals surface area contributed by atoms with Gasteiger partial charge in [-0.1, -0.05) is 0 Å². The summed E-state index contributed by atoms with van der Waals surface area (Å²) in [6.07, 6.45) is 0. The number of aromatic amines is 1. The van der Waals surface area contributed by atoms with Gasteiger partial charge in [0.25, 0.3) is 11.5 Å². The van der Waals surface area contributed by atoms with Crippen molar-refractivity contribution in [3.63, 3.8) is 0 Å². The van der Waals surface area contributed by atoms with Crippen molar-refractivity contribution in [3.05, 3.63) is 33.7 Å². The summed E-state index contributed by atoms with van der Waals surface area (Å²) in [4.78, 5) is 38.1. The first-order chi connectivity index (χ1) is 8.95. The molecular weight excluding hydrogens is 252 g/mol. The van der Waals surface area contributed by atoms with Gasteiger partial charge in [-0.15, -0.1) is 0 Å². The van der Waals surface area contributed by atoms with E-state index in [1.54, 1.807) is 13.0 Å². The van der Waals surface area contributed by atoms with Crippen LogP contribution in [0.1, 0.15) is 16.1 Å². The van der Waals surface area contributed by atoms with Gasteiger partial charge in [-0.2, -0.15) is 0 Å². The Hall–Kier alpha value is -2.15. The first-order valence-electron chi connectivity index (χ1n) is 5.65. The van der Waals surface area contributed by atoms with Crippen molar-refractivity contribution in [1.82, 2.24) is 9.88 Å². The van der Waals surface area contributed by atoms with E-state index in [4.69, 9.17) is 9.84 Å². The van der Waals surface area contributed by atoms with E-state index in [9.17, 15) is 14.4 Å². The van der Waals surface area contributed by atoms with Gasteiger partial charge >= 0.3 is 5.97 Å². The Labute approximate surface area is 109 Å². The van der Waals surface area contributed by atoms with Crippen LogP contribution in [-0.4, -0.2) is 53.7 Å². The lowest BCUT2D eigenvalue weighted by Crippen LogP contribution is -2.40. The Kier molecular flexibility index (Phi) is 5.25. The number of amides is 1. The maximum atomic E-state index is 12.1. The molecule has 0 spiro atoms. The van der Waals surface area contributed by atoms with Crippen LogP contribution in [0.15, 0.2) is 16.9 Å². The summed E-state index contributed by atoms with van der Waals surface area (Å²) < 4.78 is 4.82. The quantitative estimate of drug-likeness (QED) is 0.747. The van der Waals surface area contributed by atoms with Crippen molar-refractivity contribution in [3.8, 4) is 0 Å². The van der Waals surface area contributed by atoms with Crippen molar-refractivity contribution < 1.29 is 19.4 Å². The minimum Gasteiger partial charge on any atom is -0.480 e. The van der Waals surface area contributed by atoms with Gasteiger partial charge < -0.3 is 19.7 Å². The van der Waals surface area contributed by atoms with Gasteiger partial charge in [0, 0.05) is 19.3 Å². The predicted octanol–water partition coefficient (Wildman–Crippen LogP) is -0.143. The van der Waals surface area contributed by atoms with E-state index < -0.39 is 24.0 Å². The zero-order chi connectivity index (χ0) is 14.4. The highest BCUT2D eigenvalue weighted by molar-refractivity contribution is 5.95. The van der Waals surface area contributed by atoms with Crippen molar-refractivity contribution in [1.29, 1.82) is 0 Å². The van der Waals surface area contributed by atoms with Crippen LogP contribution in [0.3, 0.4) is 0 Å². The molecule has 0 bridgehead atoms. The molecule has 7 heteroatoms. The number of nitrogens with one attached hydrogen (secondary N) is 1. The normalized spacial score (nSPS) is 10.2. The first-order valence-corrected chi connectivity index (χ1v) is 5.65. The Morgan fingerprint density at radius 1 is 1.42 bits per heavy atom. The van der Waals surface area contributed by atoms with Crippen LogP contribution in [0.4, 0.5) is 0 Å². The van der Waals surface area contributed by atoms with Gasteiger partial charge in [0.1, 0.15) is 12.1 Å². The van der Waals surface area contributed by atoms with Gasteiger partial charge in [0.2, 0.25) is 0 Å². The van der Waals surface area contributed by atoms with Gasteiger partial charge in [0.05, 0.1) is 6.61 Å². The molecule has 0 fully saturated rings. The highest BCUT2D eigenvalue weighted by Crippen LogP contribution is 2.01. The molecule has 1 amide bonds. The zero-order valence-electron chi connectivity index (χ0n) is 10.8. The lowest BCUT2D eigenvalue weighted by Gasteiger charge is -2.19. The molecule has 0 atom stereocenters. The van der Waals surface area contributed by atoms with Crippen molar-refractivity contribution >= 4 is 11.9 Å². The fraction of sp³-hybridized carbons (Fsp3) is 0.417. The van der Waals surface area contributed by atoms with Crippen molar-refractivity contribution in [2.75, 3.05) is 26.8 Å². The monoisotopic (exact) mass is 268 g/mol. The van der Waals surface area contributed by atoms with Crippen LogP contribution in [0, 0.1) is 6.92 Å². The second-order valence-corrected chi connectivity index (χ2v) is 4.00. The Balaban J connectivity index is 2.97. The summed E-state index contributed by atoms with van der Waals surface area (Å²) in [6, 6.07) is 2.97. The van der Waals surface area contributed by atoms with Crippen molar-refractivity contribution in [2.24, 2.45) is 0 Å². The second-order valence-electron chi connectivity index (χ2n) is 4.00. The van der Waals surface area contributed by atoms with E-state index >= 15 is 0 Å². The number of carbonyl (C=O) groups excluding carboxylic acids is 1. The number of aryl methyl sites for hydroxylation is 1. The molecule has 7 nitrogen and oxygen atoms in total. The zero-order valence-corrected chi connectivity index (χ0v) is 10.8. The number of rotatable bonds is 6. The molecule has 2 N–H and O–H groups in total. The van der Waals surface area contributed by atoms with E-state index in [-0.39, 0.29) is 18.7 Å². The summed E-state index contributed by atoms with van der Waals surface area (Å²) in [7, 11) is 1.45. The standard InChI is InChI=1S/C12H16N2O5/c1-8-3-4-9(11(17)13-8)12(18)14(5-6-19-2)7-10(15)16/h3-4H,5-7H2,1-2H3,(H,13,17)(H,15,16). The molecule has 0 unspecified atom stereocenters. The predicted molar refractivity (Wildman–Crippen MR) is 67.2 cm³/mol. The molecule has 0 aliphatic carbocycles. The van der Waals surface area contributed by atoms with Crippen LogP contribution in [0.5, 0.6) is 0 Å². The Morgan fingerprint density at radius 2 is 2.11 bits per heavy atom. The molecule has 1 rings (SSSR count). The fourth-order valence-electron chi connectivity index (χ4n) is 1.53. The third-order valence-electron chi connectivity index (χ3n) is 2.46. The number of nitrogens with zero attached hydrogens (tertiary/aromatic N) is 1. The van der Waals surface area contributed by atoms with E-state index in [2.05, 4.69) is 4.98 Å². The van der Waals surface area contributed by atoms with E-state index in [0.29, 0.717) is 5.69 Å². The molecule has 104 valence electrons. The minimum absolute atomic E-state index is 0.0806. The van der Waals surface area contributed by atoms with Crippen LogP contribution in [-0.2, 0) is 9.53 Å². The maximum absolute atomic E-state index is 12.1. The number of carboxylic acids is 1. The maximum Gasteiger partial charge on any atom is 0.323 e. The minimum atomic E-state index is -1.15. The number of pyridine rings is 1. The van der Waals surface area contributed by atoms with Gasteiger partial charge in [-0.3, -0.25) is 14.4 Å². The van der Waals surface area contributed by atoms with Crippen molar-refractivity contribution in [2.45, 2.75) is 6.92 Å². The van der Waals surface area contributed by atoms with E-state index in [1.165, 1.54) is 13.2 Å². The molecule has 0 aliphatic rings. The lowest BCUT2D eigenvalue weighted by molar-refractivity contribution is -0.137. The summed E-state index contributed by atoms with van der Waals surface area (Å²) in [5.74, 6) is -1.77. The third kappa shape index (κ3) is 4.22. The number of carboxylic acid groups (broad SMARTS) is 1. The molecule has 19 heavy (non-hydrogen) atoms. The number of hydrogen-bond acceptors (Lipinski definition) is 4. The molecule has 0 aromatic carbocycles. The van der Waals surface area contributed by atoms with Crippen LogP contribution in [0.25, 0.3) is 0 Å². The smallest absolute Gasteiger partial charge is 0.323 e. The number of H-pyrrole nitrogens is 1. The summed E-state index contributed by atoms with van der Waals surface area (Å²) in [6.45, 7) is 1.52. The van der Waals surface area contributed by atoms with Gasteiger partial charge in [-0.05, 0) is 19.1 Å². The van der Waals surface area contributed by atoms with E-state index in [0.717, 1.165) is 4.90 Å². The van der Waals surface area contributed by atoms with Gasteiger partial charge in [-0.25, -0.2) is 0 Å². The third-order valence-corrected chi connectivity index (χ3v) is 2.46. The lowest BCUT2D eigenvalue weighted by atomic mass is 10.2. The number of carbonyl (C=O) groups is 2. The topological polar surface area (TPSA) is 99.7 Å². The number of aliphatic carboxylic acids is 1. The number of methoxy groups -OCH3 is 1. The molecule has 0 aliphatic heterocycles. The van der Waals surface area contributed by atoms with E-state index in [1.807, 2.05) is 0 Å². The Bertz CT molecular complexity index is 523. The highest BCUT2D eigenvalue weighted by atomic mass is 16.5. The van der Waals surface area contributed by atoms with Crippen LogP contribution < -0.4 is 5.56 Å². The largest absolute Gasteiger partial charge is 0.480 e. The molecule has 1 heterocycles. The average Bonchev–Trinajstić information content (AvgIpc) is 2.33. The van der Waals surface area contributed by atoms with Crippen LogP contribution in [0.2, 0.25) is 0 Å². The second kappa shape index (κ2) is 6.69. The molecule has 1 aromatic rings. The SMILES string of the molecule is COCCN(CC(=O)O)C(=O)c1ccc(C)[nH]c1=O. The molecule has 1 aromatic heterocycles. The summed E-state index contributed by atoms with van der Waals surface area (Å²) >= 11 is 0. The summed E-state index contributed by atoms with van der Waals surface area (Å²) in [5.41, 5.74) is 0.0176. The average molecular weight is 268 g/mol. The summed E-state index contributed by atoms with van der Waals surface area (Å²) in [5, 5.41) is 8.77. The highest BCUT2D eigenvalue weighted by Gasteiger charge is 2.20.